The number of allylic oxidation sites excluding steroid dienone is 2. The minimum absolute atomic E-state index is 0.0985. The minimum Gasteiger partial charge on any atom is -0.392 e. The SMILES string of the molecule is CC(C)C1=C2C[C@H](O)[C@H](C)C3=C(C[C@@]2(C)CC1)C(=O)CC3. The summed E-state index contributed by atoms with van der Waals surface area (Å²) >= 11 is 0. The largest absolute Gasteiger partial charge is 0.392 e. The van der Waals surface area contributed by atoms with Gasteiger partial charge in [0.05, 0.1) is 6.10 Å². The van der Waals surface area contributed by atoms with Gasteiger partial charge in [-0.15, -0.1) is 0 Å². The molecule has 0 saturated heterocycles. The predicted molar refractivity (Wildman–Crippen MR) is 84.9 cm³/mol. The van der Waals surface area contributed by atoms with Crippen molar-refractivity contribution in [2.24, 2.45) is 17.3 Å². The van der Waals surface area contributed by atoms with Crippen molar-refractivity contribution in [1.29, 1.82) is 0 Å². The number of aliphatic hydroxyl groups excluding tert-OH is 1. The third-order valence-electron chi connectivity index (χ3n) is 6.21. The first-order valence-corrected chi connectivity index (χ1v) is 8.49. The normalized spacial score (nSPS) is 37.0. The zero-order valence-electron chi connectivity index (χ0n) is 13.8. The van der Waals surface area contributed by atoms with E-state index in [0.29, 0.717) is 18.1 Å². The molecule has 0 fully saturated rings. The first kappa shape index (κ1) is 15.0. The van der Waals surface area contributed by atoms with E-state index in [2.05, 4.69) is 27.7 Å². The number of ketones is 1. The quantitative estimate of drug-likeness (QED) is 0.735. The zero-order valence-corrected chi connectivity index (χ0v) is 13.8. The van der Waals surface area contributed by atoms with Crippen molar-refractivity contribution in [2.45, 2.75) is 72.3 Å². The minimum atomic E-state index is -0.331. The van der Waals surface area contributed by atoms with E-state index in [1.54, 1.807) is 5.57 Å². The van der Waals surface area contributed by atoms with E-state index >= 15 is 0 Å². The maximum absolute atomic E-state index is 12.3. The molecule has 116 valence electrons. The highest BCUT2D eigenvalue weighted by Gasteiger charge is 2.44. The first-order valence-electron chi connectivity index (χ1n) is 8.49. The van der Waals surface area contributed by atoms with Crippen molar-refractivity contribution >= 4 is 5.78 Å². The van der Waals surface area contributed by atoms with Gasteiger partial charge >= 0.3 is 0 Å². The number of rotatable bonds is 1. The van der Waals surface area contributed by atoms with Gasteiger partial charge in [0.1, 0.15) is 0 Å². The average Bonchev–Trinajstić information content (AvgIpc) is 2.91. The molecule has 3 atom stereocenters. The van der Waals surface area contributed by atoms with E-state index in [1.807, 2.05) is 0 Å². The molecule has 3 aliphatic rings. The van der Waals surface area contributed by atoms with Crippen molar-refractivity contribution in [3.63, 3.8) is 0 Å². The monoisotopic (exact) mass is 288 g/mol. The van der Waals surface area contributed by atoms with Gasteiger partial charge in [-0.1, -0.05) is 44.4 Å². The van der Waals surface area contributed by atoms with E-state index in [4.69, 9.17) is 0 Å². The topological polar surface area (TPSA) is 37.3 Å². The Kier molecular flexibility index (Phi) is 3.64. The summed E-state index contributed by atoms with van der Waals surface area (Å²) in [6, 6.07) is 0. The fourth-order valence-electron chi connectivity index (χ4n) is 4.76. The molecule has 0 aromatic rings. The first-order chi connectivity index (χ1) is 9.83. The van der Waals surface area contributed by atoms with Crippen molar-refractivity contribution in [3.05, 3.63) is 22.3 Å². The lowest BCUT2D eigenvalue weighted by molar-refractivity contribution is -0.115. The van der Waals surface area contributed by atoms with Crippen LogP contribution in [-0.2, 0) is 4.79 Å². The molecule has 0 aromatic heterocycles. The molecule has 0 amide bonds. The van der Waals surface area contributed by atoms with Crippen LogP contribution in [0.4, 0.5) is 0 Å². The molecule has 0 aliphatic heterocycles. The number of hydrogen-bond donors (Lipinski definition) is 1. The van der Waals surface area contributed by atoms with Gasteiger partial charge in [-0.2, -0.15) is 0 Å². The molecule has 21 heavy (non-hydrogen) atoms. The molecule has 0 aromatic carbocycles. The van der Waals surface area contributed by atoms with Crippen LogP contribution in [0.25, 0.3) is 0 Å². The van der Waals surface area contributed by atoms with Crippen molar-refractivity contribution in [2.75, 3.05) is 0 Å². The van der Waals surface area contributed by atoms with E-state index in [0.717, 1.165) is 37.7 Å². The van der Waals surface area contributed by atoms with Crippen LogP contribution in [0, 0.1) is 17.3 Å². The number of carbonyl (C=O) groups is 1. The Bertz CT molecular complexity index is 538. The highest BCUT2D eigenvalue weighted by atomic mass is 16.3. The maximum atomic E-state index is 12.3. The second-order valence-electron chi connectivity index (χ2n) is 7.88. The van der Waals surface area contributed by atoms with Gasteiger partial charge < -0.3 is 5.11 Å². The van der Waals surface area contributed by atoms with Gasteiger partial charge in [-0.05, 0) is 49.0 Å². The summed E-state index contributed by atoms with van der Waals surface area (Å²) < 4.78 is 0. The Hall–Kier alpha value is -0.890. The van der Waals surface area contributed by atoms with Crippen LogP contribution in [-0.4, -0.2) is 17.0 Å². The summed E-state index contributed by atoms with van der Waals surface area (Å²) in [6.07, 6.45) is 5.19. The second kappa shape index (κ2) is 5.08. The number of carbonyl (C=O) groups excluding carboxylic acids is 1. The average molecular weight is 288 g/mol. The molecular weight excluding hydrogens is 260 g/mol. The van der Waals surface area contributed by atoms with Crippen molar-refractivity contribution in [3.8, 4) is 0 Å². The summed E-state index contributed by atoms with van der Waals surface area (Å²) in [6.45, 7) is 8.94. The number of aliphatic hydroxyl groups is 1. The van der Waals surface area contributed by atoms with Gasteiger partial charge in [0.25, 0.3) is 0 Å². The molecule has 0 spiro atoms. The fourth-order valence-corrected chi connectivity index (χ4v) is 4.76. The Balaban J connectivity index is 2.09. The number of Topliss-reactive ketones (excluding diaryl/α,β-unsaturated/α-hetero) is 1. The molecule has 1 N–H and O–H groups in total. The second-order valence-corrected chi connectivity index (χ2v) is 7.88. The van der Waals surface area contributed by atoms with Gasteiger partial charge in [-0.3, -0.25) is 4.79 Å². The molecule has 0 saturated carbocycles. The lowest BCUT2D eigenvalue weighted by atomic mass is 9.70. The Morgan fingerprint density at radius 3 is 2.62 bits per heavy atom. The molecule has 3 aliphatic carbocycles. The molecule has 2 nitrogen and oxygen atoms in total. The summed E-state index contributed by atoms with van der Waals surface area (Å²) in [4.78, 5) is 12.3. The van der Waals surface area contributed by atoms with E-state index in [-0.39, 0.29) is 17.4 Å². The summed E-state index contributed by atoms with van der Waals surface area (Å²) in [5, 5.41) is 10.7. The molecule has 0 radical (unpaired) electrons. The van der Waals surface area contributed by atoms with Crippen LogP contribution in [0.3, 0.4) is 0 Å². The van der Waals surface area contributed by atoms with Crippen LogP contribution in [0.15, 0.2) is 22.3 Å². The van der Waals surface area contributed by atoms with Gasteiger partial charge in [0, 0.05) is 12.3 Å². The van der Waals surface area contributed by atoms with E-state index in [9.17, 15) is 9.90 Å². The van der Waals surface area contributed by atoms with Crippen molar-refractivity contribution in [1.82, 2.24) is 0 Å². The van der Waals surface area contributed by atoms with Gasteiger partial charge in [-0.25, -0.2) is 0 Å². The summed E-state index contributed by atoms with van der Waals surface area (Å²) in [5.41, 5.74) is 5.42. The lowest BCUT2D eigenvalue weighted by Gasteiger charge is -2.35. The molecular formula is C19H28O2. The fraction of sp³-hybridized carbons (Fsp3) is 0.737. The van der Waals surface area contributed by atoms with Gasteiger partial charge in [0.15, 0.2) is 5.78 Å². The van der Waals surface area contributed by atoms with E-state index < -0.39 is 0 Å². The summed E-state index contributed by atoms with van der Waals surface area (Å²) in [7, 11) is 0. The number of hydrogen-bond acceptors (Lipinski definition) is 2. The summed E-state index contributed by atoms with van der Waals surface area (Å²) in [5.74, 6) is 1.03. The van der Waals surface area contributed by atoms with Crippen LogP contribution >= 0.6 is 0 Å². The Morgan fingerprint density at radius 1 is 1.24 bits per heavy atom. The number of fused-ring (bicyclic) bond motifs is 1. The standard InChI is InChI=1S/C19H28O2/c1-11(2)13-7-8-19(4)10-15-14(5-6-17(15)20)12(3)18(21)9-16(13)19/h11-12,18,21H,5-10H2,1-4H3/t12-,18+,19-/m1/s1. The maximum Gasteiger partial charge on any atom is 0.159 e. The zero-order chi connectivity index (χ0) is 15.4. The Morgan fingerprint density at radius 2 is 1.95 bits per heavy atom. The Labute approximate surface area is 128 Å². The molecule has 0 heterocycles. The highest BCUT2D eigenvalue weighted by Crippen LogP contribution is 2.54. The smallest absolute Gasteiger partial charge is 0.159 e. The van der Waals surface area contributed by atoms with Crippen LogP contribution < -0.4 is 0 Å². The van der Waals surface area contributed by atoms with Gasteiger partial charge in [0.2, 0.25) is 0 Å². The van der Waals surface area contributed by atoms with Crippen LogP contribution in [0.5, 0.6) is 0 Å². The third kappa shape index (κ3) is 2.32. The van der Waals surface area contributed by atoms with Crippen LogP contribution in [0.2, 0.25) is 0 Å². The van der Waals surface area contributed by atoms with Crippen LogP contribution in [0.1, 0.15) is 66.2 Å². The highest BCUT2D eigenvalue weighted by molar-refractivity contribution is 5.99. The third-order valence-corrected chi connectivity index (χ3v) is 6.21. The van der Waals surface area contributed by atoms with Crippen molar-refractivity contribution < 1.29 is 9.90 Å². The predicted octanol–water partition coefficient (Wildman–Crippen LogP) is 4.19. The lowest BCUT2D eigenvalue weighted by Crippen LogP contribution is -2.29. The molecule has 0 unspecified atom stereocenters. The van der Waals surface area contributed by atoms with E-state index in [1.165, 1.54) is 11.1 Å². The molecule has 2 heteroatoms. The molecule has 0 bridgehead atoms. The molecule has 3 rings (SSSR count).